The summed E-state index contributed by atoms with van der Waals surface area (Å²) in [4.78, 5) is 15.8. The van der Waals surface area contributed by atoms with Gasteiger partial charge >= 0.3 is 5.76 Å². The summed E-state index contributed by atoms with van der Waals surface area (Å²) < 4.78 is 4.97. The van der Waals surface area contributed by atoms with Crippen molar-refractivity contribution in [3.8, 4) is 0 Å². The van der Waals surface area contributed by atoms with Crippen LogP contribution >= 0.6 is 0 Å². The highest BCUT2D eigenvalue weighted by Gasteiger charge is 2.12. The molecule has 104 valence electrons. The Hall–Kier alpha value is -1.95. The van der Waals surface area contributed by atoms with Crippen molar-refractivity contribution in [2.75, 3.05) is 30.3 Å². The van der Waals surface area contributed by atoms with E-state index in [4.69, 9.17) is 15.3 Å². The molecular weight excluding hydrogens is 246 g/mol. The molecule has 2 aromatic rings. The van der Waals surface area contributed by atoms with Gasteiger partial charge in [-0.2, -0.15) is 0 Å². The predicted molar refractivity (Wildman–Crippen MR) is 75.5 cm³/mol. The van der Waals surface area contributed by atoms with Crippen molar-refractivity contribution in [1.29, 1.82) is 0 Å². The average molecular weight is 265 g/mol. The van der Waals surface area contributed by atoms with E-state index in [1.807, 2.05) is 4.90 Å². The number of unbranched alkanes of at least 4 members (excludes halogenated alkanes) is 1. The van der Waals surface area contributed by atoms with E-state index in [0.29, 0.717) is 23.3 Å². The van der Waals surface area contributed by atoms with Crippen LogP contribution in [0.2, 0.25) is 0 Å². The number of nitrogen functional groups attached to an aromatic ring is 1. The third-order valence-corrected chi connectivity index (χ3v) is 3.06. The number of nitrogens with zero attached hydrogens (tertiary/aromatic N) is 1. The maximum absolute atomic E-state index is 11.2. The molecule has 6 heteroatoms. The highest BCUT2D eigenvalue weighted by molar-refractivity contribution is 5.85. The third-order valence-electron chi connectivity index (χ3n) is 3.06. The SMILES string of the molecule is CCCCN(CCO)c1cc2[nH]c(=O)oc2cc1N. The van der Waals surface area contributed by atoms with Gasteiger partial charge in [0.2, 0.25) is 0 Å². The highest BCUT2D eigenvalue weighted by atomic mass is 16.4. The van der Waals surface area contributed by atoms with Gasteiger partial charge in [-0.1, -0.05) is 13.3 Å². The van der Waals surface area contributed by atoms with Crippen LogP contribution in [0, 0.1) is 0 Å². The lowest BCUT2D eigenvalue weighted by molar-refractivity contribution is 0.301. The molecular formula is C13H19N3O3. The quantitative estimate of drug-likeness (QED) is 0.684. The van der Waals surface area contributed by atoms with Gasteiger partial charge in [0.05, 0.1) is 23.5 Å². The molecule has 0 fully saturated rings. The molecule has 1 aromatic heterocycles. The summed E-state index contributed by atoms with van der Waals surface area (Å²) in [5.41, 5.74) is 8.42. The van der Waals surface area contributed by atoms with E-state index in [2.05, 4.69) is 11.9 Å². The summed E-state index contributed by atoms with van der Waals surface area (Å²) in [5, 5.41) is 9.15. The number of rotatable bonds is 6. The number of aromatic nitrogens is 1. The van der Waals surface area contributed by atoms with E-state index in [9.17, 15) is 4.79 Å². The number of benzene rings is 1. The number of nitrogens with one attached hydrogen (secondary N) is 1. The Kier molecular flexibility index (Phi) is 4.11. The number of aromatic amines is 1. The Labute approximate surface area is 110 Å². The van der Waals surface area contributed by atoms with Crippen molar-refractivity contribution >= 4 is 22.5 Å². The van der Waals surface area contributed by atoms with Gasteiger partial charge in [0.15, 0.2) is 5.58 Å². The standard InChI is InChI=1S/C13H19N3O3/c1-2-3-4-16(5-6-17)11-8-10-12(7-9(11)14)19-13(18)15-10/h7-8,17H,2-6,14H2,1H3,(H,15,18). The normalized spacial score (nSPS) is 11.1. The molecule has 1 aromatic carbocycles. The molecule has 0 radical (unpaired) electrons. The molecule has 0 bridgehead atoms. The molecule has 1 heterocycles. The Morgan fingerprint density at radius 1 is 1.42 bits per heavy atom. The first-order valence-electron chi connectivity index (χ1n) is 6.44. The van der Waals surface area contributed by atoms with Crippen molar-refractivity contribution in [1.82, 2.24) is 4.98 Å². The van der Waals surface area contributed by atoms with E-state index in [-0.39, 0.29) is 6.61 Å². The monoisotopic (exact) mass is 265 g/mol. The summed E-state index contributed by atoms with van der Waals surface area (Å²) in [7, 11) is 0. The van der Waals surface area contributed by atoms with Crippen molar-refractivity contribution in [3.05, 3.63) is 22.7 Å². The zero-order valence-electron chi connectivity index (χ0n) is 11.0. The van der Waals surface area contributed by atoms with Crippen molar-refractivity contribution in [2.24, 2.45) is 0 Å². The fourth-order valence-corrected chi connectivity index (χ4v) is 2.10. The minimum absolute atomic E-state index is 0.0586. The summed E-state index contributed by atoms with van der Waals surface area (Å²) >= 11 is 0. The number of oxazole rings is 1. The van der Waals surface area contributed by atoms with Crippen molar-refractivity contribution in [2.45, 2.75) is 19.8 Å². The van der Waals surface area contributed by atoms with E-state index < -0.39 is 5.76 Å². The molecule has 6 nitrogen and oxygen atoms in total. The Morgan fingerprint density at radius 2 is 2.21 bits per heavy atom. The molecule has 2 rings (SSSR count). The molecule has 0 aliphatic rings. The Bertz CT molecular complexity index is 603. The van der Waals surface area contributed by atoms with Crippen LogP contribution in [0.15, 0.2) is 21.3 Å². The second kappa shape index (κ2) is 5.79. The first-order valence-corrected chi connectivity index (χ1v) is 6.44. The molecule has 4 N–H and O–H groups in total. The maximum Gasteiger partial charge on any atom is 0.417 e. The van der Waals surface area contributed by atoms with Gasteiger partial charge in [0.25, 0.3) is 0 Å². The lowest BCUT2D eigenvalue weighted by Crippen LogP contribution is -2.28. The molecule has 0 saturated heterocycles. The third kappa shape index (κ3) is 2.90. The summed E-state index contributed by atoms with van der Waals surface area (Å²) in [5.74, 6) is -0.492. The van der Waals surface area contributed by atoms with Gasteiger partial charge in [-0.3, -0.25) is 4.98 Å². The van der Waals surface area contributed by atoms with Gasteiger partial charge in [0, 0.05) is 19.2 Å². The lowest BCUT2D eigenvalue weighted by atomic mass is 10.2. The Morgan fingerprint density at radius 3 is 2.89 bits per heavy atom. The largest absolute Gasteiger partial charge is 0.417 e. The zero-order valence-corrected chi connectivity index (χ0v) is 11.0. The van der Waals surface area contributed by atoms with Crippen molar-refractivity contribution in [3.63, 3.8) is 0 Å². The average Bonchev–Trinajstić information content (AvgIpc) is 2.73. The summed E-state index contributed by atoms with van der Waals surface area (Å²) in [6, 6.07) is 3.43. The molecule has 0 aliphatic heterocycles. The summed E-state index contributed by atoms with van der Waals surface area (Å²) in [6.45, 7) is 3.49. The van der Waals surface area contributed by atoms with Crippen LogP contribution < -0.4 is 16.4 Å². The zero-order chi connectivity index (χ0) is 13.8. The highest BCUT2D eigenvalue weighted by Crippen LogP contribution is 2.28. The van der Waals surface area contributed by atoms with Crippen molar-refractivity contribution < 1.29 is 9.52 Å². The number of hydrogen-bond acceptors (Lipinski definition) is 5. The van der Waals surface area contributed by atoms with Gasteiger partial charge in [-0.05, 0) is 12.5 Å². The molecule has 0 spiro atoms. The minimum atomic E-state index is -0.492. The number of aliphatic hydroxyl groups is 1. The second-order valence-electron chi connectivity index (χ2n) is 4.49. The molecule has 0 amide bonds. The number of nitrogens with two attached hydrogens (primary N) is 1. The van der Waals surface area contributed by atoms with Crippen LogP contribution in [0.3, 0.4) is 0 Å². The number of H-pyrrole nitrogens is 1. The molecule has 0 saturated carbocycles. The number of fused-ring (bicyclic) bond motifs is 1. The van der Waals surface area contributed by atoms with Crippen LogP contribution in [-0.2, 0) is 0 Å². The maximum atomic E-state index is 11.2. The topological polar surface area (TPSA) is 95.5 Å². The van der Waals surface area contributed by atoms with Gasteiger partial charge in [-0.25, -0.2) is 4.79 Å². The first-order chi connectivity index (χ1) is 9.15. The Balaban J connectivity index is 2.39. The number of aliphatic hydroxyl groups excluding tert-OH is 1. The fourth-order valence-electron chi connectivity index (χ4n) is 2.10. The van der Waals surface area contributed by atoms with Gasteiger partial charge in [0.1, 0.15) is 0 Å². The smallest absolute Gasteiger partial charge is 0.408 e. The fraction of sp³-hybridized carbons (Fsp3) is 0.462. The van der Waals surface area contributed by atoms with E-state index in [1.165, 1.54) is 0 Å². The molecule has 0 aliphatic carbocycles. The molecule has 19 heavy (non-hydrogen) atoms. The van der Waals surface area contributed by atoms with Crippen LogP contribution in [-0.4, -0.2) is 29.8 Å². The minimum Gasteiger partial charge on any atom is -0.408 e. The predicted octanol–water partition coefficient (Wildman–Crippen LogP) is 1.30. The van der Waals surface area contributed by atoms with Crippen LogP contribution in [0.4, 0.5) is 11.4 Å². The van der Waals surface area contributed by atoms with Crippen LogP contribution in [0.5, 0.6) is 0 Å². The first kappa shape index (κ1) is 13.5. The second-order valence-corrected chi connectivity index (χ2v) is 4.49. The summed E-state index contributed by atoms with van der Waals surface area (Å²) in [6.07, 6.45) is 2.08. The van der Waals surface area contributed by atoms with Gasteiger partial charge < -0.3 is 20.2 Å². The van der Waals surface area contributed by atoms with Crippen LogP contribution in [0.1, 0.15) is 19.8 Å². The van der Waals surface area contributed by atoms with E-state index >= 15 is 0 Å². The van der Waals surface area contributed by atoms with Crippen LogP contribution in [0.25, 0.3) is 11.1 Å². The van der Waals surface area contributed by atoms with Gasteiger partial charge in [-0.15, -0.1) is 0 Å². The van der Waals surface area contributed by atoms with E-state index in [0.717, 1.165) is 25.1 Å². The number of anilines is 2. The number of hydrogen-bond donors (Lipinski definition) is 3. The molecule has 0 atom stereocenters. The molecule has 0 unspecified atom stereocenters. The lowest BCUT2D eigenvalue weighted by Gasteiger charge is -2.25. The van der Waals surface area contributed by atoms with E-state index in [1.54, 1.807) is 12.1 Å².